The van der Waals surface area contributed by atoms with Crippen molar-refractivity contribution in [3.8, 4) is 11.5 Å². The second-order valence-corrected chi connectivity index (χ2v) is 6.98. The number of hydrogen-bond donors (Lipinski definition) is 1. The van der Waals surface area contributed by atoms with Gasteiger partial charge in [-0.25, -0.2) is 0 Å². The molecule has 0 bridgehead atoms. The van der Waals surface area contributed by atoms with Crippen LogP contribution in [0.1, 0.15) is 30.2 Å². The summed E-state index contributed by atoms with van der Waals surface area (Å²) in [5.74, 6) is 2.54. The van der Waals surface area contributed by atoms with Gasteiger partial charge in [0.15, 0.2) is 11.5 Å². The van der Waals surface area contributed by atoms with Crippen molar-refractivity contribution in [2.75, 3.05) is 18.2 Å². The van der Waals surface area contributed by atoms with Gasteiger partial charge in [-0.05, 0) is 31.5 Å². The number of carbonyl (C=O) groups is 1. The van der Waals surface area contributed by atoms with Gasteiger partial charge in [-0.3, -0.25) is 9.48 Å². The summed E-state index contributed by atoms with van der Waals surface area (Å²) in [5.41, 5.74) is 2.05. The molecule has 0 radical (unpaired) electrons. The number of nitrogens with one attached hydrogen (secondary N) is 1. The summed E-state index contributed by atoms with van der Waals surface area (Å²) >= 11 is 1.58. The van der Waals surface area contributed by atoms with Gasteiger partial charge in [0.1, 0.15) is 5.82 Å². The predicted molar refractivity (Wildman–Crippen MR) is 94.9 cm³/mol. The Morgan fingerprint density at radius 3 is 2.88 bits per heavy atom. The number of aromatic nitrogens is 2. The van der Waals surface area contributed by atoms with E-state index in [2.05, 4.69) is 10.4 Å². The number of ether oxygens (including phenoxy) is 2. The van der Waals surface area contributed by atoms with Crippen molar-refractivity contribution in [3.05, 3.63) is 35.5 Å². The fourth-order valence-electron chi connectivity index (χ4n) is 2.69. The Balaban J connectivity index is 2.00. The van der Waals surface area contributed by atoms with E-state index in [1.54, 1.807) is 23.6 Å². The lowest BCUT2D eigenvalue weighted by atomic mass is 10.1. The zero-order valence-electron chi connectivity index (χ0n) is 14.2. The van der Waals surface area contributed by atoms with E-state index in [0.717, 1.165) is 22.7 Å². The van der Waals surface area contributed by atoms with Crippen LogP contribution in [0.25, 0.3) is 0 Å². The molecule has 0 unspecified atom stereocenters. The predicted octanol–water partition coefficient (Wildman–Crippen LogP) is 2.99. The van der Waals surface area contributed by atoms with Crippen LogP contribution < -0.4 is 14.8 Å². The summed E-state index contributed by atoms with van der Waals surface area (Å²) in [6.45, 7) is 3.96. The maximum absolute atomic E-state index is 12.0. The first kappa shape index (κ1) is 16.7. The van der Waals surface area contributed by atoms with Crippen molar-refractivity contribution in [3.63, 3.8) is 0 Å². The number of fused-ring (bicyclic) bond motifs is 1. The minimum atomic E-state index is -0.0147. The van der Waals surface area contributed by atoms with Crippen molar-refractivity contribution in [1.82, 2.24) is 9.78 Å². The molecule has 24 heavy (non-hydrogen) atoms. The van der Waals surface area contributed by atoms with E-state index in [1.165, 1.54) is 0 Å². The molecule has 1 amide bonds. The monoisotopic (exact) mass is 347 g/mol. The van der Waals surface area contributed by atoms with Crippen LogP contribution in [0.15, 0.2) is 24.4 Å². The quantitative estimate of drug-likeness (QED) is 0.921. The van der Waals surface area contributed by atoms with Crippen LogP contribution in [-0.4, -0.2) is 34.7 Å². The van der Waals surface area contributed by atoms with Crippen LogP contribution in [0.2, 0.25) is 0 Å². The first-order valence-corrected chi connectivity index (χ1v) is 8.82. The molecule has 2 heterocycles. The number of thioether (sulfide) groups is 1. The molecule has 0 aliphatic carbocycles. The Bertz CT molecular complexity index is 758. The molecule has 1 aromatic heterocycles. The highest BCUT2D eigenvalue weighted by molar-refractivity contribution is 8.00. The molecule has 1 aliphatic rings. The summed E-state index contributed by atoms with van der Waals surface area (Å²) in [7, 11) is 3.46. The van der Waals surface area contributed by atoms with Crippen LogP contribution >= 0.6 is 11.8 Å². The van der Waals surface area contributed by atoms with Gasteiger partial charge in [0.2, 0.25) is 5.91 Å². The van der Waals surface area contributed by atoms with Gasteiger partial charge in [0, 0.05) is 12.6 Å². The van der Waals surface area contributed by atoms with Gasteiger partial charge in [0.25, 0.3) is 0 Å². The number of rotatable bonds is 4. The van der Waals surface area contributed by atoms with Crippen molar-refractivity contribution in [1.29, 1.82) is 0 Å². The molecule has 3 rings (SSSR count). The molecular weight excluding hydrogens is 326 g/mol. The van der Waals surface area contributed by atoms with Crippen LogP contribution in [0.3, 0.4) is 0 Å². The molecule has 6 nitrogen and oxygen atoms in total. The number of aryl methyl sites for hydroxylation is 1. The minimum absolute atomic E-state index is 0.00894. The van der Waals surface area contributed by atoms with Gasteiger partial charge in [0.05, 0.1) is 30.4 Å². The van der Waals surface area contributed by atoms with Crippen molar-refractivity contribution in [2.24, 2.45) is 7.05 Å². The first-order chi connectivity index (χ1) is 11.5. The molecule has 1 aliphatic heterocycles. The smallest absolute Gasteiger partial charge is 0.235 e. The number of nitrogens with zero attached hydrogens (tertiary/aromatic N) is 2. The lowest BCUT2D eigenvalue weighted by Crippen LogP contribution is -2.15. The lowest BCUT2D eigenvalue weighted by molar-refractivity contribution is -0.113. The third-order valence-electron chi connectivity index (χ3n) is 3.74. The molecule has 2 aromatic rings. The van der Waals surface area contributed by atoms with E-state index in [4.69, 9.17) is 9.47 Å². The molecule has 1 N–H and O–H groups in total. The fourth-order valence-corrected chi connectivity index (χ4v) is 3.77. The number of amides is 1. The number of benzene rings is 1. The minimum Gasteiger partial charge on any atom is -0.493 e. The maximum Gasteiger partial charge on any atom is 0.235 e. The van der Waals surface area contributed by atoms with E-state index in [1.807, 2.05) is 45.3 Å². The SMILES string of the molecule is COc1cc([C@@H]2SCC(=O)Nc3c2cnn3C)ccc1OC(C)C. The Hall–Kier alpha value is -2.15. The standard InChI is InChI=1S/C17H21N3O3S/c1-10(2)23-13-6-5-11(7-14(13)22-4)16-12-8-18-20(3)17(12)19-15(21)9-24-16/h5-8,10,16H,9H2,1-4H3,(H,19,21)/t16-/m0/s1. The summed E-state index contributed by atoms with van der Waals surface area (Å²) in [5, 5.41) is 7.21. The molecular formula is C17H21N3O3S. The van der Waals surface area contributed by atoms with E-state index in [9.17, 15) is 4.79 Å². The maximum atomic E-state index is 12.0. The molecule has 0 saturated carbocycles. The van der Waals surface area contributed by atoms with Crippen molar-refractivity contribution >= 4 is 23.5 Å². The number of anilines is 1. The van der Waals surface area contributed by atoms with Gasteiger partial charge >= 0.3 is 0 Å². The fraction of sp³-hybridized carbons (Fsp3) is 0.412. The second-order valence-electron chi connectivity index (χ2n) is 5.89. The van der Waals surface area contributed by atoms with E-state index in [-0.39, 0.29) is 17.3 Å². The number of carbonyl (C=O) groups excluding carboxylic acids is 1. The molecule has 128 valence electrons. The Morgan fingerprint density at radius 2 is 2.17 bits per heavy atom. The highest BCUT2D eigenvalue weighted by Gasteiger charge is 2.27. The molecule has 0 spiro atoms. The molecule has 1 atom stereocenters. The zero-order valence-corrected chi connectivity index (χ0v) is 15.0. The third kappa shape index (κ3) is 3.21. The highest BCUT2D eigenvalue weighted by Crippen LogP contribution is 2.43. The summed E-state index contributed by atoms with van der Waals surface area (Å²) in [6.07, 6.45) is 1.88. The highest BCUT2D eigenvalue weighted by atomic mass is 32.2. The van der Waals surface area contributed by atoms with Gasteiger partial charge < -0.3 is 14.8 Å². The molecule has 0 fully saturated rings. The van der Waals surface area contributed by atoms with Crippen LogP contribution in [0, 0.1) is 0 Å². The second kappa shape index (κ2) is 6.76. The average Bonchev–Trinajstić information content (AvgIpc) is 2.80. The Labute approximate surface area is 145 Å². The third-order valence-corrected chi connectivity index (χ3v) is 5.03. The van der Waals surface area contributed by atoms with Crippen LogP contribution in [0.4, 0.5) is 5.82 Å². The van der Waals surface area contributed by atoms with Gasteiger partial charge in [-0.15, -0.1) is 11.8 Å². The summed E-state index contributed by atoms with van der Waals surface area (Å²) in [6, 6.07) is 5.91. The number of hydrogen-bond acceptors (Lipinski definition) is 5. The normalized spacial score (nSPS) is 17.2. The zero-order chi connectivity index (χ0) is 17.3. The first-order valence-electron chi connectivity index (χ1n) is 7.77. The lowest BCUT2D eigenvalue weighted by Gasteiger charge is -2.18. The van der Waals surface area contributed by atoms with E-state index >= 15 is 0 Å². The topological polar surface area (TPSA) is 65.4 Å². The summed E-state index contributed by atoms with van der Waals surface area (Å²) < 4.78 is 13.0. The van der Waals surface area contributed by atoms with E-state index < -0.39 is 0 Å². The van der Waals surface area contributed by atoms with Crippen LogP contribution in [-0.2, 0) is 11.8 Å². The largest absolute Gasteiger partial charge is 0.493 e. The summed E-state index contributed by atoms with van der Waals surface area (Å²) in [4.78, 5) is 12.0. The average molecular weight is 347 g/mol. The van der Waals surface area contributed by atoms with Gasteiger partial charge in [-0.2, -0.15) is 5.10 Å². The number of methoxy groups -OCH3 is 1. The van der Waals surface area contributed by atoms with Crippen LogP contribution in [0.5, 0.6) is 11.5 Å². The molecule has 0 saturated heterocycles. The van der Waals surface area contributed by atoms with Gasteiger partial charge in [-0.1, -0.05) is 6.07 Å². The van der Waals surface area contributed by atoms with Crippen molar-refractivity contribution in [2.45, 2.75) is 25.2 Å². The Morgan fingerprint density at radius 1 is 1.38 bits per heavy atom. The van der Waals surface area contributed by atoms with Crippen molar-refractivity contribution < 1.29 is 14.3 Å². The molecule has 1 aromatic carbocycles. The van der Waals surface area contributed by atoms with E-state index in [0.29, 0.717) is 11.5 Å². The Kier molecular flexibility index (Phi) is 4.71. The molecule has 7 heteroatoms.